The number of carbonyl (C=O) groups is 1. The molecule has 1 saturated heterocycles. The van der Waals surface area contributed by atoms with E-state index in [0.717, 1.165) is 10.6 Å². The molecule has 1 aromatic carbocycles. The molecule has 1 aromatic rings. The van der Waals surface area contributed by atoms with Crippen molar-refractivity contribution in [3.63, 3.8) is 0 Å². The molecule has 0 aromatic heterocycles. The van der Waals surface area contributed by atoms with Gasteiger partial charge in [-0.15, -0.1) is 11.8 Å². The van der Waals surface area contributed by atoms with E-state index in [9.17, 15) is 9.00 Å². The van der Waals surface area contributed by atoms with Crippen molar-refractivity contribution in [1.82, 2.24) is 4.90 Å². The van der Waals surface area contributed by atoms with Crippen LogP contribution in [0.4, 0.5) is 0 Å². The molecular formula is C15H20ClNO2S2. The second kappa shape index (κ2) is 6.71. The van der Waals surface area contributed by atoms with Crippen LogP contribution >= 0.6 is 23.4 Å². The van der Waals surface area contributed by atoms with Gasteiger partial charge in [0.15, 0.2) is 0 Å². The molecule has 2 rings (SSSR count). The van der Waals surface area contributed by atoms with Crippen molar-refractivity contribution < 1.29 is 9.00 Å². The molecule has 0 radical (unpaired) electrons. The fourth-order valence-corrected chi connectivity index (χ4v) is 4.68. The number of amides is 1. The van der Waals surface area contributed by atoms with Gasteiger partial charge in [-0.05, 0) is 37.8 Å². The van der Waals surface area contributed by atoms with E-state index in [1.165, 1.54) is 0 Å². The standard InChI is InChI=1S/C15H20ClNO2S2/c1-4-20-13-9-11(16)5-6-12(13)14(18)17-7-8-21(19)15(2,3)10-17/h5-6,9H,4,7-8,10H2,1-3H3/t21-/m0/s1. The van der Waals surface area contributed by atoms with E-state index < -0.39 is 10.8 Å². The van der Waals surface area contributed by atoms with Crippen LogP contribution in [-0.2, 0) is 10.8 Å². The summed E-state index contributed by atoms with van der Waals surface area (Å²) in [6.07, 6.45) is 0. The monoisotopic (exact) mass is 345 g/mol. The molecule has 1 heterocycles. The van der Waals surface area contributed by atoms with E-state index in [1.54, 1.807) is 23.9 Å². The first kappa shape index (κ1) is 16.8. The van der Waals surface area contributed by atoms with Crippen molar-refractivity contribution >= 4 is 40.1 Å². The summed E-state index contributed by atoms with van der Waals surface area (Å²) in [5, 5.41) is 0.641. The molecule has 0 spiro atoms. The Morgan fingerprint density at radius 3 is 2.81 bits per heavy atom. The SMILES string of the molecule is CCSc1cc(Cl)ccc1C(=O)N1CC[S@](=O)C(C)(C)C1. The molecule has 1 aliphatic rings. The molecule has 0 bridgehead atoms. The van der Waals surface area contributed by atoms with Gasteiger partial charge in [0.25, 0.3) is 5.91 Å². The largest absolute Gasteiger partial charge is 0.336 e. The highest BCUT2D eigenvalue weighted by Crippen LogP contribution is 2.29. The third-order valence-electron chi connectivity index (χ3n) is 3.50. The van der Waals surface area contributed by atoms with Crippen LogP contribution in [0.3, 0.4) is 0 Å². The van der Waals surface area contributed by atoms with E-state index in [1.807, 2.05) is 31.7 Å². The average Bonchev–Trinajstić information content (AvgIpc) is 2.42. The summed E-state index contributed by atoms with van der Waals surface area (Å²) in [6, 6.07) is 5.39. The van der Waals surface area contributed by atoms with E-state index in [4.69, 9.17) is 11.6 Å². The first-order chi connectivity index (χ1) is 9.85. The summed E-state index contributed by atoms with van der Waals surface area (Å²) < 4.78 is 11.6. The van der Waals surface area contributed by atoms with Crippen LogP contribution in [0.5, 0.6) is 0 Å². The number of nitrogens with zero attached hydrogens (tertiary/aromatic N) is 1. The third-order valence-corrected chi connectivity index (χ3v) is 6.58. The number of thioether (sulfide) groups is 1. The smallest absolute Gasteiger partial charge is 0.255 e. The summed E-state index contributed by atoms with van der Waals surface area (Å²) in [5.74, 6) is 1.44. The van der Waals surface area contributed by atoms with Gasteiger partial charge < -0.3 is 4.90 Å². The van der Waals surface area contributed by atoms with Crippen LogP contribution in [0.1, 0.15) is 31.1 Å². The number of hydrogen-bond acceptors (Lipinski definition) is 3. The van der Waals surface area contributed by atoms with Crippen molar-refractivity contribution in [3.8, 4) is 0 Å². The Morgan fingerprint density at radius 1 is 1.48 bits per heavy atom. The zero-order valence-electron chi connectivity index (χ0n) is 12.5. The minimum Gasteiger partial charge on any atom is -0.336 e. The van der Waals surface area contributed by atoms with E-state index in [2.05, 4.69) is 0 Å². The molecule has 0 unspecified atom stereocenters. The molecule has 116 valence electrons. The summed E-state index contributed by atoms with van der Waals surface area (Å²) in [6.45, 7) is 7.02. The van der Waals surface area contributed by atoms with Crippen molar-refractivity contribution in [3.05, 3.63) is 28.8 Å². The Labute approximate surface area is 137 Å². The lowest BCUT2D eigenvalue weighted by Crippen LogP contribution is -2.52. The number of carbonyl (C=O) groups excluding carboxylic acids is 1. The van der Waals surface area contributed by atoms with Gasteiger partial charge in [0.2, 0.25) is 0 Å². The molecule has 3 nitrogen and oxygen atoms in total. The van der Waals surface area contributed by atoms with Gasteiger partial charge in [0.1, 0.15) is 0 Å². The van der Waals surface area contributed by atoms with Crippen LogP contribution in [-0.4, -0.2) is 44.4 Å². The first-order valence-electron chi connectivity index (χ1n) is 6.95. The highest BCUT2D eigenvalue weighted by Gasteiger charge is 2.35. The van der Waals surface area contributed by atoms with Crippen molar-refractivity contribution in [2.24, 2.45) is 0 Å². The predicted molar refractivity (Wildman–Crippen MR) is 90.8 cm³/mol. The van der Waals surface area contributed by atoms with Gasteiger partial charge >= 0.3 is 0 Å². The second-order valence-electron chi connectivity index (χ2n) is 5.61. The first-order valence-corrected chi connectivity index (χ1v) is 9.63. The van der Waals surface area contributed by atoms with Crippen LogP contribution in [0.15, 0.2) is 23.1 Å². The molecule has 21 heavy (non-hydrogen) atoms. The van der Waals surface area contributed by atoms with Gasteiger partial charge in [0, 0.05) is 39.6 Å². The molecule has 0 N–H and O–H groups in total. The maximum atomic E-state index is 12.8. The Balaban J connectivity index is 2.26. The van der Waals surface area contributed by atoms with Crippen LogP contribution in [0.25, 0.3) is 0 Å². The topological polar surface area (TPSA) is 37.4 Å². The Morgan fingerprint density at radius 2 is 2.19 bits per heavy atom. The fourth-order valence-electron chi connectivity index (χ4n) is 2.37. The zero-order valence-corrected chi connectivity index (χ0v) is 14.9. The van der Waals surface area contributed by atoms with E-state index in [0.29, 0.717) is 29.4 Å². The predicted octanol–water partition coefficient (Wildman–Crippen LogP) is 3.44. The van der Waals surface area contributed by atoms with Gasteiger partial charge in [-0.25, -0.2) is 0 Å². The average molecular weight is 346 g/mol. The Kier molecular flexibility index (Phi) is 5.38. The number of halogens is 1. The maximum absolute atomic E-state index is 12.8. The lowest BCUT2D eigenvalue weighted by atomic mass is 10.1. The maximum Gasteiger partial charge on any atom is 0.255 e. The second-order valence-corrected chi connectivity index (χ2v) is 9.56. The summed E-state index contributed by atoms with van der Waals surface area (Å²) >= 11 is 7.65. The quantitative estimate of drug-likeness (QED) is 0.787. The highest BCUT2D eigenvalue weighted by molar-refractivity contribution is 7.99. The van der Waals surface area contributed by atoms with Crippen molar-refractivity contribution in [1.29, 1.82) is 0 Å². The van der Waals surface area contributed by atoms with Crippen LogP contribution in [0.2, 0.25) is 5.02 Å². The molecule has 1 amide bonds. The van der Waals surface area contributed by atoms with Gasteiger partial charge in [-0.2, -0.15) is 0 Å². The summed E-state index contributed by atoms with van der Waals surface area (Å²) in [4.78, 5) is 15.5. The highest BCUT2D eigenvalue weighted by atomic mass is 35.5. The number of hydrogen-bond donors (Lipinski definition) is 0. The summed E-state index contributed by atoms with van der Waals surface area (Å²) in [7, 11) is -0.877. The number of benzene rings is 1. The molecule has 0 aliphatic carbocycles. The third kappa shape index (κ3) is 3.82. The lowest BCUT2D eigenvalue weighted by Gasteiger charge is -2.37. The van der Waals surface area contributed by atoms with E-state index in [-0.39, 0.29) is 10.7 Å². The Bertz CT molecular complexity index is 575. The molecule has 1 atom stereocenters. The minimum atomic E-state index is -0.877. The van der Waals surface area contributed by atoms with Crippen molar-refractivity contribution in [2.75, 3.05) is 24.6 Å². The molecular weight excluding hydrogens is 326 g/mol. The zero-order chi connectivity index (χ0) is 15.6. The van der Waals surface area contributed by atoms with E-state index >= 15 is 0 Å². The molecule has 1 fully saturated rings. The lowest BCUT2D eigenvalue weighted by molar-refractivity contribution is 0.0742. The van der Waals surface area contributed by atoms with Gasteiger partial charge in [-0.3, -0.25) is 9.00 Å². The number of rotatable bonds is 3. The molecule has 1 aliphatic heterocycles. The molecule has 0 saturated carbocycles. The summed E-state index contributed by atoms with van der Waals surface area (Å²) in [5.41, 5.74) is 0.690. The fraction of sp³-hybridized carbons (Fsp3) is 0.533. The Hall–Kier alpha value is -0.520. The normalized spacial score (nSPS) is 21.3. The molecule has 6 heteroatoms. The minimum absolute atomic E-state index is 0.00684. The van der Waals surface area contributed by atoms with Crippen molar-refractivity contribution in [2.45, 2.75) is 30.4 Å². The van der Waals surface area contributed by atoms with Crippen LogP contribution in [0, 0.1) is 0 Å². The van der Waals surface area contributed by atoms with Crippen LogP contribution < -0.4 is 0 Å². The van der Waals surface area contributed by atoms with Gasteiger partial charge in [0.05, 0.1) is 10.3 Å². The van der Waals surface area contributed by atoms with Gasteiger partial charge in [-0.1, -0.05) is 18.5 Å².